The lowest BCUT2D eigenvalue weighted by atomic mass is 10.2. The van der Waals surface area contributed by atoms with Crippen LogP contribution in [0.1, 0.15) is 18.9 Å². The topological polar surface area (TPSA) is 75.9 Å². The summed E-state index contributed by atoms with van der Waals surface area (Å²) in [4.78, 5) is 7.12. The molecule has 9 heteroatoms. The van der Waals surface area contributed by atoms with E-state index in [1.54, 1.807) is 6.20 Å². The van der Waals surface area contributed by atoms with Gasteiger partial charge < -0.3 is 20.1 Å². The van der Waals surface area contributed by atoms with E-state index in [4.69, 9.17) is 14.5 Å². The fourth-order valence-electron chi connectivity index (χ4n) is 3.27. The fraction of sp³-hybridized carbons (Fsp3) is 0.545. The number of halogens is 1. The minimum Gasteiger partial charge on any atom is -0.492 e. The Labute approximate surface area is 202 Å². The maximum Gasteiger partial charge on any atom is 0.191 e. The third-order valence-corrected chi connectivity index (χ3v) is 4.91. The minimum atomic E-state index is 0. The van der Waals surface area contributed by atoms with Crippen LogP contribution in [0.3, 0.4) is 0 Å². The summed E-state index contributed by atoms with van der Waals surface area (Å²) in [7, 11) is 0. The lowest BCUT2D eigenvalue weighted by molar-refractivity contribution is 0.0322. The molecule has 0 amide bonds. The highest BCUT2D eigenvalue weighted by Crippen LogP contribution is 2.19. The number of rotatable bonds is 11. The molecule has 172 valence electrons. The Morgan fingerprint density at radius 2 is 2.00 bits per heavy atom. The van der Waals surface area contributed by atoms with Crippen molar-refractivity contribution in [2.75, 3.05) is 52.5 Å². The third kappa shape index (κ3) is 9.44. The van der Waals surface area contributed by atoms with Crippen LogP contribution < -0.4 is 15.4 Å². The molecule has 2 aromatic rings. The normalized spacial score (nSPS) is 14.7. The number of aliphatic imine (C=N–C) groups is 1. The van der Waals surface area contributed by atoms with E-state index in [2.05, 4.69) is 33.6 Å². The molecule has 1 saturated heterocycles. The van der Waals surface area contributed by atoms with Gasteiger partial charge in [0.2, 0.25) is 0 Å². The van der Waals surface area contributed by atoms with Crippen molar-refractivity contribution in [1.82, 2.24) is 25.3 Å². The van der Waals surface area contributed by atoms with Gasteiger partial charge in [-0.25, -0.2) is 4.99 Å². The van der Waals surface area contributed by atoms with E-state index in [0.717, 1.165) is 76.2 Å². The van der Waals surface area contributed by atoms with Gasteiger partial charge in [-0.3, -0.25) is 9.58 Å². The van der Waals surface area contributed by atoms with E-state index < -0.39 is 0 Å². The first-order chi connectivity index (χ1) is 14.8. The van der Waals surface area contributed by atoms with Gasteiger partial charge in [0.1, 0.15) is 12.4 Å². The molecule has 1 fully saturated rings. The summed E-state index contributed by atoms with van der Waals surface area (Å²) in [5, 5.41) is 10.9. The number of benzene rings is 1. The van der Waals surface area contributed by atoms with Crippen molar-refractivity contribution >= 4 is 29.9 Å². The molecule has 0 bridgehead atoms. The van der Waals surface area contributed by atoms with Crippen molar-refractivity contribution in [3.63, 3.8) is 0 Å². The van der Waals surface area contributed by atoms with Gasteiger partial charge in [-0.1, -0.05) is 18.2 Å². The van der Waals surface area contributed by atoms with E-state index in [9.17, 15) is 0 Å². The lowest BCUT2D eigenvalue weighted by Gasteiger charge is -2.26. The standard InChI is InChI=1S/C22H34N6O2.HI/c1-2-23-22(24-9-5-11-28-12-6-10-26-28)25-19-20-7-3-4-8-21(20)30-18-15-27-13-16-29-17-14-27;/h3-4,6-8,10,12H,2,5,9,11,13-19H2,1H3,(H2,23,24,25);1H. The van der Waals surface area contributed by atoms with Gasteiger partial charge in [0.15, 0.2) is 5.96 Å². The second-order valence-electron chi connectivity index (χ2n) is 7.15. The zero-order valence-corrected chi connectivity index (χ0v) is 20.7. The summed E-state index contributed by atoms with van der Waals surface area (Å²) in [5.74, 6) is 1.73. The molecule has 31 heavy (non-hydrogen) atoms. The molecular weight excluding hydrogens is 507 g/mol. The van der Waals surface area contributed by atoms with Gasteiger partial charge in [0.05, 0.1) is 19.8 Å². The van der Waals surface area contributed by atoms with Crippen LogP contribution >= 0.6 is 24.0 Å². The quantitative estimate of drug-likeness (QED) is 0.197. The third-order valence-electron chi connectivity index (χ3n) is 4.91. The van der Waals surface area contributed by atoms with E-state index >= 15 is 0 Å². The highest BCUT2D eigenvalue weighted by atomic mass is 127. The number of morpholine rings is 1. The molecule has 0 unspecified atom stereocenters. The number of hydrogen-bond acceptors (Lipinski definition) is 5. The maximum absolute atomic E-state index is 6.07. The summed E-state index contributed by atoms with van der Waals surface area (Å²) < 4.78 is 13.4. The number of nitrogens with one attached hydrogen (secondary N) is 2. The van der Waals surface area contributed by atoms with E-state index in [-0.39, 0.29) is 24.0 Å². The second-order valence-corrected chi connectivity index (χ2v) is 7.15. The van der Waals surface area contributed by atoms with Crippen LogP contribution in [0.5, 0.6) is 5.75 Å². The zero-order valence-electron chi connectivity index (χ0n) is 18.3. The first-order valence-electron chi connectivity index (χ1n) is 10.9. The van der Waals surface area contributed by atoms with Crippen LogP contribution in [0.4, 0.5) is 0 Å². The van der Waals surface area contributed by atoms with Crippen molar-refractivity contribution in [1.29, 1.82) is 0 Å². The molecule has 1 aromatic carbocycles. The molecular formula is C22H35IN6O2. The van der Waals surface area contributed by atoms with Crippen molar-refractivity contribution in [3.8, 4) is 5.75 Å². The molecule has 0 aliphatic carbocycles. The Kier molecular flexibility index (Phi) is 12.3. The summed E-state index contributed by atoms with van der Waals surface area (Å²) >= 11 is 0. The van der Waals surface area contributed by atoms with Crippen LogP contribution in [0.25, 0.3) is 0 Å². The summed E-state index contributed by atoms with van der Waals surface area (Å²) in [5.41, 5.74) is 1.09. The predicted octanol–water partition coefficient (Wildman–Crippen LogP) is 2.36. The van der Waals surface area contributed by atoms with Crippen LogP contribution in [-0.4, -0.2) is 73.2 Å². The maximum atomic E-state index is 6.07. The van der Waals surface area contributed by atoms with Gasteiger partial charge in [0.25, 0.3) is 0 Å². The number of aryl methyl sites for hydroxylation is 1. The van der Waals surface area contributed by atoms with E-state index in [0.29, 0.717) is 13.2 Å². The summed E-state index contributed by atoms with van der Waals surface area (Å²) in [6.07, 6.45) is 4.77. The van der Waals surface area contributed by atoms with E-state index in [1.165, 1.54) is 0 Å². The van der Waals surface area contributed by atoms with Crippen LogP contribution in [0.2, 0.25) is 0 Å². The average Bonchev–Trinajstić information content (AvgIpc) is 3.30. The smallest absolute Gasteiger partial charge is 0.191 e. The van der Waals surface area contributed by atoms with Crippen molar-refractivity contribution in [2.45, 2.75) is 26.4 Å². The monoisotopic (exact) mass is 542 g/mol. The van der Waals surface area contributed by atoms with Crippen LogP contribution in [0, 0.1) is 0 Å². The van der Waals surface area contributed by atoms with Crippen molar-refractivity contribution in [3.05, 3.63) is 48.3 Å². The lowest BCUT2D eigenvalue weighted by Crippen LogP contribution is -2.38. The molecule has 0 spiro atoms. The largest absolute Gasteiger partial charge is 0.492 e. The molecule has 2 heterocycles. The molecule has 0 saturated carbocycles. The number of hydrogen-bond donors (Lipinski definition) is 2. The highest BCUT2D eigenvalue weighted by Gasteiger charge is 2.10. The van der Waals surface area contributed by atoms with Crippen molar-refractivity contribution < 1.29 is 9.47 Å². The molecule has 0 radical (unpaired) electrons. The van der Waals surface area contributed by atoms with Gasteiger partial charge in [0, 0.05) is 57.2 Å². The Morgan fingerprint density at radius 1 is 1.16 bits per heavy atom. The zero-order chi connectivity index (χ0) is 20.9. The number of guanidine groups is 1. The highest BCUT2D eigenvalue weighted by molar-refractivity contribution is 14.0. The first kappa shape index (κ1) is 25.4. The van der Waals surface area contributed by atoms with E-state index in [1.807, 2.05) is 35.1 Å². The Bertz CT molecular complexity index is 750. The van der Waals surface area contributed by atoms with Crippen LogP contribution in [-0.2, 0) is 17.8 Å². The van der Waals surface area contributed by atoms with Crippen LogP contribution in [0.15, 0.2) is 47.7 Å². The summed E-state index contributed by atoms with van der Waals surface area (Å²) in [6, 6.07) is 10.1. The molecule has 3 rings (SSSR count). The van der Waals surface area contributed by atoms with Gasteiger partial charge in [-0.15, -0.1) is 24.0 Å². The molecule has 8 nitrogen and oxygen atoms in total. The summed E-state index contributed by atoms with van der Waals surface area (Å²) in [6.45, 7) is 10.4. The van der Waals surface area contributed by atoms with Gasteiger partial charge in [-0.2, -0.15) is 5.10 Å². The van der Waals surface area contributed by atoms with Crippen molar-refractivity contribution in [2.24, 2.45) is 4.99 Å². The Morgan fingerprint density at radius 3 is 2.77 bits per heavy atom. The fourth-order valence-corrected chi connectivity index (χ4v) is 3.27. The first-order valence-corrected chi connectivity index (χ1v) is 10.9. The molecule has 1 aliphatic rings. The number of ether oxygens (including phenoxy) is 2. The van der Waals surface area contributed by atoms with Gasteiger partial charge >= 0.3 is 0 Å². The minimum absolute atomic E-state index is 0. The predicted molar refractivity (Wildman–Crippen MR) is 134 cm³/mol. The Balaban J connectivity index is 0.00000341. The number of aromatic nitrogens is 2. The molecule has 0 atom stereocenters. The Hall–Kier alpha value is -1.85. The average molecular weight is 542 g/mol. The second kappa shape index (κ2) is 15.0. The molecule has 1 aliphatic heterocycles. The van der Waals surface area contributed by atoms with Gasteiger partial charge in [-0.05, 0) is 25.5 Å². The SMILES string of the molecule is CCNC(=NCc1ccccc1OCCN1CCOCC1)NCCCn1cccn1.I. The molecule has 1 aromatic heterocycles. The number of nitrogens with zero attached hydrogens (tertiary/aromatic N) is 4. The molecule has 2 N–H and O–H groups in total. The number of para-hydroxylation sites is 1.